The van der Waals surface area contributed by atoms with Gasteiger partial charge in [0.25, 0.3) is 0 Å². The van der Waals surface area contributed by atoms with Crippen LogP contribution >= 0.6 is 0 Å². The van der Waals surface area contributed by atoms with Crippen molar-refractivity contribution in [1.29, 1.82) is 0 Å². The van der Waals surface area contributed by atoms with Crippen LogP contribution in [0.1, 0.15) is 17.3 Å². The monoisotopic (exact) mass is 273 g/mol. The summed E-state index contributed by atoms with van der Waals surface area (Å²) in [5.74, 6) is 0.200. The van der Waals surface area contributed by atoms with Gasteiger partial charge in [0.1, 0.15) is 0 Å². The average Bonchev–Trinajstić information content (AvgIpc) is 2.80. The van der Waals surface area contributed by atoms with E-state index in [2.05, 4.69) is 23.1 Å². The first-order valence-electron chi connectivity index (χ1n) is 7.17. The summed E-state index contributed by atoms with van der Waals surface area (Å²) in [5.41, 5.74) is 2.93. The van der Waals surface area contributed by atoms with Crippen molar-refractivity contribution < 1.29 is 4.79 Å². The summed E-state index contributed by atoms with van der Waals surface area (Å²) in [6.07, 6.45) is 0. The number of fused-ring (bicyclic) bond motifs is 3. The number of carbonyl (C=O) groups is 1. The van der Waals surface area contributed by atoms with E-state index in [9.17, 15) is 4.79 Å². The molecule has 1 aliphatic rings. The van der Waals surface area contributed by atoms with Crippen molar-refractivity contribution in [3.8, 4) is 0 Å². The molecule has 3 aromatic carbocycles. The van der Waals surface area contributed by atoms with E-state index in [1.165, 1.54) is 0 Å². The highest BCUT2D eigenvalue weighted by molar-refractivity contribution is 6.20. The molecule has 3 aromatic rings. The lowest BCUT2D eigenvalue weighted by Gasteiger charge is -2.23. The van der Waals surface area contributed by atoms with Gasteiger partial charge >= 0.3 is 0 Å². The van der Waals surface area contributed by atoms with Gasteiger partial charge in [0.05, 0.1) is 17.3 Å². The Kier molecular flexibility index (Phi) is 2.58. The fourth-order valence-electron chi connectivity index (χ4n) is 3.21. The first-order chi connectivity index (χ1) is 10.3. The minimum atomic E-state index is -0.159. The third-order valence-corrected chi connectivity index (χ3v) is 4.21. The molecule has 0 saturated heterocycles. The highest BCUT2D eigenvalue weighted by atomic mass is 16.1. The molecule has 21 heavy (non-hydrogen) atoms. The molecule has 0 saturated carbocycles. The molecule has 102 valence electrons. The molecular weight excluding hydrogens is 258 g/mol. The van der Waals surface area contributed by atoms with Gasteiger partial charge in [0.2, 0.25) is 0 Å². The Morgan fingerprint density at radius 3 is 2.38 bits per heavy atom. The molecule has 2 nitrogen and oxygen atoms in total. The Morgan fingerprint density at radius 1 is 0.857 bits per heavy atom. The third-order valence-electron chi connectivity index (χ3n) is 4.21. The van der Waals surface area contributed by atoms with E-state index in [1.807, 2.05) is 55.5 Å². The number of hydrogen-bond donors (Lipinski definition) is 0. The normalized spacial score (nSPS) is 17.3. The lowest BCUT2D eigenvalue weighted by molar-refractivity contribution is 0.0981. The molecule has 0 radical (unpaired) electrons. The molecule has 0 amide bonds. The standard InChI is InChI=1S/C19H15NO/c1-13-19(21)18-16-10-6-5-7-14(16)11-12-17(18)20(13)15-8-3-2-4-9-15/h2-13H,1H3. The molecule has 2 heteroatoms. The third kappa shape index (κ3) is 1.69. The largest absolute Gasteiger partial charge is 0.330 e. The summed E-state index contributed by atoms with van der Waals surface area (Å²) < 4.78 is 0. The summed E-state index contributed by atoms with van der Waals surface area (Å²) in [7, 11) is 0. The second kappa shape index (κ2) is 4.45. The second-order valence-electron chi connectivity index (χ2n) is 5.43. The predicted molar refractivity (Wildman–Crippen MR) is 86.3 cm³/mol. The van der Waals surface area contributed by atoms with Crippen LogP contribution < -0.4 is 4.90 Å². The van der Waals surface area contributed by atoms with Gasteiger partial charge in [-0.2, -0.15) is 0 Å². The first kappa shape index (κ1) is 12.2. The zero-order valence-corrected chi connectivity index (χ0v) is 11.8. The van der Waals surface area contributed by atoms with Crippen LogP contribution in [-0.4, -0.2) is 11.8 Å². The first-order valence-corrected chi connectivity index (χ1v) is 7.17. The van der Waals surface area contributed by atoms with E-state index in [0.717, 1.165) is 27.7 Å². The van der Waals surface area contributed by atoms with Crippen LogP contribution in [0.25, 0.3) is 10.8 Å². The highest BCUT2D eigenvalue weighted by Crippen LogP contribution is 2.41. The molecule has 0 bridgehead atoms. The molecule has 0 fully saturated rings. The Hall–Kier alpha value is -2.61. The summed E-state index contributed by atoms with van der Waals surface area (Å²) in [6.45, 7) is 1.98. The summed E-state index contributed by atoms with van der Waals surface area (Å²) in [4.78, 5) is 14.9. The number of anilines is 2. The van der Waals surface area contributed by atoms with E-state index < -0.39 is 0 Å². The number of ketones is 1. The summed E-state index contributed by atoms with van der Waals surface area (Å²) in [5, 5.41) is 2.16. The maximum absolute atomic E-state index is 12.8. The zero-order valence-electron chi connectivity index (χ0n) is 11.8. The Labute approximate surface area is 123 Å². The summed E-state index contributed by atoms with van der Waals surface area (Å²) >= 11 is 0. The van der Waals surface area contributed by atoms with Gasteiger partial charge in [0.15, 0.2) is 5.78 Å². The number of para-hydroxylation sites is 1. The van der Waals surface area contributed by atoms with Crippen LogP contribution in [0.15, 0.2) is 66.7 Å². The van der Waals surface area contributed by atoms with E-state index in [-0.39, 0.29) is 11.8 Å². The van der Waals surface area contributed by atoms with E-state index in [0.29, 0.717) is 0 Å². The molecule has 0 N–H and O–H groups in total. The van der Waals surface area contributed by atoms with Crippen molar-refractivity contribution in [3.05, 3.63) is 72.3 Å². The SMILES string of the molecule is CC1C(=O)c2c(ccc3ccccc23)N1c1ccccc1. The van der Waals surface area contributed by atoms with Gasteiger partial charge in [-0.25, -0.2) is 0 Å². The summed E-state index contributed by atoms with van der Waals surface area (Å²) in [6, 6.07) is 22.2. The van der Waals surface area contributed by atoms with E-state index in [4.69, 9.17) is 0 Å². The minimum absolute atomic E-state index is 0.159. The van der Waals surface area contributed by atoms with Crippen molar-refractivity contribution in [2.45, 2.75) is 13.0 Å². The fourth-order valence-corrected chi connectivity index (χ4v) is 3.21. The molecule has 1 atom stereocenters. The molecule has 4 rings (SSSR count). The highest BCUT2D eigenvalue weighted by Gasteiger charge is 2.35. The Bertz CT molecular complexity index is 839. The van der Waals surface area contributed by atoms with Crippen LogP contribution in [-0.2, 0) is 0 Å². The molecule has 0 aromatic heterocycles. The van der Waals surface area contributed by atoms with Crippen molar-refractivity contribution in [2.75, 3.05) is 4.90 Å². The number of Topliss-reactive ketones (excluding diaryl/α,β-unsaturated/α-hetero) is 1. The lowest BCUT2D eigenvalue weighted by atomic mass is 10.0. The maximum atomic E-state index is 12.8. The number of nitrogens with zero attached hydrogens (tertiary/aromatic N) is 1. The van der Waals surface area contributed by atoms with Crippen molar-refractivity contribution in [3.63, 3.8) is 0 Å². The lowest BCUT2D eigenvalue weighted by Crippen LogP contribution is -2.27. The Balaban J connectivity index is 2.00. The van der Waals surface area contributed by atoms with Crippen molar-refractivity contribution in [2.24, 2.45) is 0 Å². The van der Waals surface area contributed by atoms with E-state index >= 15 is 0 Å². The van der Waals surface area contributed by atoms with Crippen LogP contribution in [0.3, 0.4) is 0 Å². The van der Waals surface area contributed by atoms with Crippen LogP contribution in [0.4, 0.5) is 11.4 Å². The van der Waals surface area contributed by atoms with Crippen molar-refractivity contribution >= 4 is 27.9 Å². The van der Waals surface area contributed by atoms with Gasteiger partial charge in [-0.1, -0.05) is 48.5 Å². The van der Waals surface area contributed by atoms with E-state index in [1.54, 1.807) is 0 Å². The van der Waals surface area contributed by atoms with Crippen LogP contribution in [0.2, 0.25) is 0 Å². The topological polar surface area (TPSA) is 20.3 Å². The molecular formula is C19H15NO. The number of carbonyl (C=O) groups excluding carboxylic acids is 1. The van der Waals surface area contributed by atoms with Gasteiger partial charge < -0.3 is 4.90 Å². The zero-order chi connectivity index (χ0) is 14.4. The van der Waals surface area contributed by atoms with Crippen molar-refractivity contribution in [1.82, 2.24) is 0 Å². The second-order valence-corrected chi connectivity index (χ2v) is 5.43. The quantitative estimate of drug-likeness (QED) is 0.647. The van der Waals surface area contributed by atoms with Crippen LogP contribution in [0.5, 0.6) is 0 Å². The van der Waals surface area contributed by atoms with Gasteiger partial charge in [-0.15, -0.1) is 0 Å². The predicted octanol–water partition coefficient (Wildman–Crippen LogP) is 4.56. The fraction of sp³-hybridized carbons (Fsp3) is 0.105. The smallest absolute Gasteiger partial charge is 0.188 e. The molecule has 1 aliphatic heterocycles. The molecule has 0 aliphatic carbocycles. The van der Waals surface area contributed by atoms with Gasteiger partial charge in [-0.3, -0.25) is 4.79 Å². The van der Waals surface area contributed by atoms with Gasteiger partial charge in [0, 0.05) is 5.69 Å². The Morgan fingerprint density at radius 2 is 1.57 bits per heavy atom. The molecule has 0 spiro atoms. The number of rotatable bonds is 1. The molecule has 1 heterocycles. The minimum Gasteiger partial charge on any atom is -0.330 e. The average molecular weight is 273 g/mol. The maximum Gasteiger partial charge on any atom is 0.188 e. The molecule has 1 unspecified atom stereocenters. The van der Waals surface area contributed by atoms with Gasteiger partial charge in [-0.05, 0) is 35.9 Å². The van der Waals surface area contributed by atoms with Crippen LogP contribution in [0, 0.1) is 0 Å². The number of benzene rings is 3. The number of hydrogen-bond acceptors (Lipinski definition) is 2.